The summed E-state index contributed by atoms with van der Waals surface area (Å²) in [6, 6.07) is 0. The normalized spacial score (nSPS) is 15.4. The molecule has 92 valence electrons. The molecule has 0 amide bonds. The molecule has 0 saturated carbocycles. The van der Waals surface area contributed by atoms with Crippen LogP contribution in [0.15, 0.2) is 12.4 Å². The predicted octanol–water partition coefficient (Wildman–Crippen LogP) is 1.25. The average molecular weight is 244 g/mol. The SMILES string of the molecule is CC(C)Cn1cc(C(O)C(O)CCS)cn1. The zero-order valence-corrected chi connectivity index (χ0v) is 10.6. The van der Waals surface area contributed by atoms with Gasteiger partial charge in [0.1, 0.15) is 6.10 Å². The molecule has 0 aromatic carbocycles. The Morgan fingerprint density at radius 2 is 2.12 bits per heavy atom. The lowest BCUT2D eigenvalue weighted by molar-refractivity contribution is 0.0172. The molecular formula is C11H20N2O2S. The van der Waals surface area contributed by atoms with Gasteiger partial charge >= 0.3 is 0 Å². The highest BCUT2D eigenvalue weighted by Crippen LogP contribution is 2.18. The summed E-state index contributed by atoms with van der Waals surface area (Å²) in [6.45, 7) is 5.02. The van der Waals surface area contributed by atoms with E-state index in [1.54, 1.807) is 17.1 Å². The minimum absolute atomic E-state index is 0.472. The second-order valence-corrected chi connectivity index (χ2v) is 4.86. The van der Waals surface area contributed by atoms with Gasteiger partial charge < -0.3 is 10.2 Å². The number of nitrogens with zero attached hydrogens (tertiary/aromatic N) is 2. The largest absolute Gasteiger partial charge is 0.390 e. The molecule has 2 N–H and O–H groups in total. The molecule has 0 radical (unpaired) electrons. The minimum Gasteiger partial charge on any atom is -0.390 e. The van der Waals surface area contributed by atoms with Gasteiger partial charge in [-0.15, -0.1) is 0 Å². The zero-order valence-electron chi connectivity index (χ0n) is 9.74. The third-order valence-electron chi connectivity index (χ3n) is 2.34. The van der Waals surface area contributed by atoms with Crippen molar-refractivity contribution in [1.82, 2.24) is 9.78 Å². The van der Waals surface area contributed by atoms with E-state index in [-0.39, 0.29) is 0 Å². The second-order valence-electron chi connectivity index (χ2n) is 4.41. The van der Waals surface area contributed by atoms with E-state index in [1.165, 1.54) is 0 Å². The van der Waals surface area contributed by atoms with Crippen molar-refractivity contribution < 1.29 is 10.2 Å². The number of hydrogen-bond acceptors (Lipinski definition) is 4. The van der Waals surface area contributed by atoms with Gasteiger partial charge in [-0.3, -0.25) is 4.68 Å². The fourth-order valence-electron chi connectivity index (χ4n) is 1.52. The van der Waals surface area contributed by atoms with Crippen LogP contribution in [0.1, 0.15) is 31.9 Å². The highest BCUT2D eigenvalue weighted by molar-refractivity contribution is 7.80. The van der Waals surface area contributed by atoms with Crippen LogP contribution in [0.25, 0.3) is 0 Å². The minimum atomic E-state index is -0.868. The van der Waals surface area contributed by atoms with Crippen LogP contribution in [0.3, 0.4) is 0 Å². The number of rotatable bonds is 6. The van der Waals surface area contributed by atoms with Crippen molar-refractivity contribution >= 4 is 12.6 Å². The summed E-state index contributed by atoms with van der Waals surface area (Å²) < 4.78 is 1.79. The Kier molecular flexibility index (Phi) is 5.31. The molecule has 1 heterocycles. The van der Waals surface area contributed by atoms with E-state index in [4.69, 9.17) is 0 Å². The Morgan fingerprint density at radius 3 is 2.69 bits per heavy atom. The molecule has 0 aliphatic heterocycles. The van der Waals surface area contributed by atoms with Crippen LogP contribution in [0, 0.1) is 5.92 Å². The van der Waals surface area contributed by atoms with Crippen LogP contribution in [0.4, 0.5) is 0 Å². The standard InChI is InChI=1S/C11H20N2O2S/c1-8(2)6-13-7-9(5-12-13)11(15)10(14)3-4-16/h5,7-8,10-11,14-16H,3-4,6H2,1-2H3. The van der Waals surface area contributed by atoms with Gasteiger partial charge in [0.05, 0.1) is 12.3 Å². The molecule has 0 spiro atoms. The van der Waals surface area contributed by atoms with E-state index in [9.17, 15) is 10.2 Å². The first kappa shape index (κ1) is 13.5. The summed E-state index contributed by atoms with van der Waals surface area (Å²) in [5.41, 5.74) is 0.662. The Balaban J connectivity index is 2.62. The Bertz CT molecular complexity index is 315. The number of thiol groups is 1. The van der Waals surface area contributed by atoms with Gasteiger partial charge in [-0.2, -0.15) is 17.7 Å². The van der Waals surface area contributed by atoms with Gasteiger partial charge in [-0.25, -0.2) is 0 Å². The summed E-state index contributed by atoms with van der Waals surface area (Å²) in [6.07, 6.45) is 2.23. The quantitative estimate of drug-likeness (QED) is 0.660. The summed E-state index contributed by atoms with van der Waals surface area (Å²) in [7, 11) is 0. The third-order valence-corrected chi connectivity index (χ3v) is 2.59. The van der Waals surface area contributed by atoms with Crippen LogP contribution in [-0.4, -0.2) is 31.9 Å². The molecule has 1 aromatic heterocycles. The highest BCUT2D eigenvalue weighted by atomic mass is 32.1. The van der Waals surface area contributed by atoms with E-state index >= 15 is 0 Å². The van der Waals surface area contributed by atoms with Crippen molar-refractivity contribution in [3.05, 3.63) is 18.0 Å². The Morgan fingerprint density at radius 1 is 1.44 bits per heavy atom. The average Bonchev–Trinajstić information content (AvgIpc) is 2.64. The molecule has 2 atom stereocenters. The summed E-state index contributed by atoms with van der Waals surface area (Å²) >= 11 is 4.03. The number of aromatic nitrogens is 2. The third kappa shape index (κ3) is 3.81. The molecule has 16 heavy (non-hydrogen) atoms. The molecule has 1 rings (SSSR count). The predicted molar refractivity (Wildman–Crippen MR) is 66.5 cm³/mol. The van der Waals surface area contributed by atoms with E-state index in [0.717, 1.165) is 6.54 Å². The monoisotopic (exact) mass is 244 g/mol. The summed E-state index contributed by atoms with van der Waals surface area (Å²) in [5.74, 6) is 1.06. The number of aliphatic hydroxyl groups is 2. The highest BCUT2D eigenvalue weighted by Gasteiger charge is 2.19. The first-order valence-electron chi connectivity index (χ1n) is 5.54. The topological polar surface area (TPSA) is 58.3 Å². The lowest BCUT2D eigenvalue weighted by atomic mass is 10.1. The van der Waals surface area contributed by atoms with Crippen LogP contribution in [0.2, 0.25) is 0 Å². The van der Waals surface area contributed by atoms with Crippen molar-refractivity contribution in [3.8, 4) is 0 Å². The first-order chi connectivity index (χ1) is 7.54. The Hall–Kier alpha value is -0.520. The maximum atomic E-state index is 9.83. The first-order valence-corrected chi connectivity index (χ1v) is 6.17. The number of aliphatic hydroxyl groups excluding tert-OH is 2. The van der Waals surface area contributed by atoms with Crippen molar-refractivity contribution in [2.75, 3.05) is 5.75 Å². The van der Waals surface area contributed by atoms with Gasteiger partial charge in [0, 0.05) is 18.3 Å². The van der Waals surface area contributed by atoms with E-state index in [2.05, 4.69) is 31.6 Å². The van der Waals surface area contributed by atoms with Gasteiger partial charge in [-0.1, -0.05) is 13.8 Å². The molecule has 4 nitrogen and oxygen atoms in total. The lowest BCUT2D eigenvalue weighted by Crippen LogP contribution is -2.18. The van der Waals surface area contributed by atoms with Crippen molar-refractivity contribution in [3.63, 3.8) is 0 Å². The van der Waals surface area contributed by atoms with Gasteiger partial charge in [0.15, 0.2) is 0 Å². The van der Waals surface area contributed by atoms with Crippen LogP contribution in [-0.2, 0) is 6.54 Å². The van der Waals surface area contributed by atoms with Crippen molar-refractivity contribution in [2.45, 2.75) is 39.0 Å². The molecular weight excluding hydrogens is 224 g/mol. The molecule has 0 aliphatic rings. The fraction of sp³-hybridized carbons (Fsp3) is 0.727. The summed E-state index contributed by atoms with van der Waals surface area (Å²) in [5, 5.41) is 23.6. The van der Waals surface area contributed by atoms with Crippen LogP contribution >= 0.6 is 12.6 Å². The molecule has 2 unspecified atom stereocenters. The van der Waals surface area contributed by atoms with Crippen molar-refractivity contribution in [2.24, 2.45) is 5.92 Å². The van der Waals surface area contributed by atoms with Crippen LogP contribution in [0.5, 0.6) is 0 Å². The molecule has 0 saturated heterocycles. The van der Waals surface area contributed by atoms with Gasteiger partial charge in [0.25, 0.3) is 0 Å². The fourth-order valence-corrected chi connectivity index (χ4v) is 1.78. The van der Waals surface area contributed by atoms with E-state index < -0.39 is 12.2 Å². The smallest absolute Gasteiger partial charge is 0.108 e. The van der Waals surface area contributed by atoms with E-state index in [0.29, 0.717) is 23.7 Å². The maximum absolute atomic E-state index is 9.83. The Labute approximate surface area is 102 Å². The zero-order chi connectivity index (χ0) is 12.1. The van der Waals surface area contributed by atoms with Gasteiger partial charge in [0.2, 0.25) is 0 Å². The molecule has 1 aromatic rings. The molecule has 5 heteroatoms. The molecule has 0 fully saturated rings. The van der Waals surface area contributed by atoms with Crippen molar-refractivity contribution in [1.29, 1.82) is 0 Å². The maximum Gasteiger partial charge on any atom is 0.108 e. The summed E-state index contributed by atoms with van der Waals surface area (Å²) in [4.78, 5) is 0. The molecule has 0 bridgehead atoms. The number of hydrogen-bond donors (Lipinski definition) is 3. The lowest BCUT2D eigenvalue weighted by Gasteiger charge is -2.15. The van der Waals surface area contributed by atoms with Crippen LogP contribution < -0.4 is 0 Å². The van der Waals surface area contributed by atoms with E-state index in [1.807, 2.05) is 0 Å². The van der Waals surface area contributed by atoms with Gasteiger partial charge in [-0.05, 0) is 18.1 Å². The molecule has 0 aliphatic carbocycles. The second kappa shape index (κ2) is 6.27.